The van der Waals surface area contributed by atoms with Crippen LogP contribution in [0.3, 0.4) is 0 Å². The molecule has 1 saturated carbocycles. The molecule has 0 atom stereocenters. The molecule has 1 aliphatic rings. The minimum Gasteiger partial charge on any atom is -0.497 e. The normalized spacial score (nSPS) is 13.6. The predicted molar refractivity (Wildman–Crippen MR) is 96.6 cm³/mol. The monoisotopic (exact) mass is 352 g/mol. The lowest BCUT2D eigenvalue weighted by molar-refractivity contribution is 0.393. The van der Waals surface area contributed by atoms with Crippen LogP contribution in [0.5, 0.6) is 11.5 Å². The molecule has 1 aliphatic carbocycles. The molecule has 1 aromatic carbocycles. The molecule has 4 rings (SSSR count). The summed E-state index contributed by atoms with van der Waals surface area (Å²) in [7, 11) is 3.21. The molecule has 1 fully saturated rings. The van der Waals surface area contributed by atoms with E-state index in [0.717, 1.165) is 24.0 Å². The zero-order valence-corrected chi connectivity index (χ0v) is 14.8. The Morgan fingerprint density at radius 3 is 2.46 bits per heavy atom. The highest BCUT2D eigenvalue weighted by atomic mass is 16.5. The van der Waals surface area contributed by atoms with Crippen molar-refractivity contribution in [1.82, 2.24) is 19.3 Å². The third kappa shape index (κ3) is 3.08. The molecule has 3 aromatic rings. The van der Waals surface area contributed by atoms with Gasteiger partial charge in [0, 0.05) is 30.1 Å². The number of pyridine rings is 1. The van der Waals surface area contributed by atoms with E-state index in [1.54, 1.807) is 37.2 Å². The second kappa shape index (κ2) is 6.67. The molecular weight excluding hydrogens is 332 g/mol. The van der Waals surface area contributed by atoms with Crippen molar-refractivity contribution in [3.63, 3.8) is 0 Å². The average molecular weight is 352 g/mol. The zero-order chi connectivity index (χ0) is 18.1. The summed E-state index contributed by atoms with van der Waals surface area (Å²) in [5.74, 6) is 2.03. The predicted octanol–water partition coefficient (Wildman–Crippen LogP) is 2.51. The Kier molecular flexibility index (Phi) is 4.20. The number of methoxy groups -OCH3 is 2. The van der Waals surface area contributed by atoms with E-state index in [2.05, 4.69) is 10.1 Å². The van der Waals surface area contributed by atoms with E-state index >= 15 is 0 Å². The molecule has 0 spiro atoms. The van der Waals surface area contributed by atoms with Crippen molar-refractivity contribution in [1.29, 1.82) is 0 Å². The van der Waals surface area contributed by atoms with Crippen LogP contribution in [-0.2, 0) is 6.54 Å². The quantitative estimate of drug-likeness (QED) is 0.682. The molecule has 7 nitrogen and oxygen atoms in total. The van der Waals surface area contributed by atoms with E-state index in [0.29, 0.717) is 23.9 Å². The Hall–Kier alpha value is -3.09. The SMILES string of the molecule is COc1cc(Cn2nc(-c3cccnc3)n(C3CC3)c2=O)cc(OC)c1. The number of nitrogens with zero attached hydrogens (tertiary/aromatic N) is 4. The number of rotatable bonds is 6. The van der Waals surface area contributed by atoms with Gasteiger partial charge in [0.2, 0.25) is 0 Å². The smallest absolute Gasteiger partial charge is 0.346 e. The lowest BCUT2D eigenvalue weighted by Crippen LogP contribution is -2.25. The van der Waals surface area contributed by atoms with Gasteiger partial charge in [-0.05, 0) is 42.7 Å². The molecule has 2 heterocycles. The van der Waals surface area contributed by atoms with Crippen molar-refractivity contribution in [2.24, 2.45) is 0 Å². The molecule has 0 saturated heterocycles. The van der Waals surface area contributed by atoms with Gasteiger partial charge in [0.25, 0.3) is 0 Å². The minimum absolute atomic E-state index is 0.104. The van der Waals surface area contributed by atoms with Crippen LogP contribution in [0.1, 0.15) is 24.4 Å². The summed E-state index contributed by atoms with van der Waals surface area (Å²) in [6.07, 6.45) is 5.46. The van der Waals surface area contributed by atoms with Crippen molar-refractivity contribution < 1.29 is 9.47 Å². The topological polar surface area (TPSA) is 71.2 Å². The van der Waals surface area contributed by atoms with E-state index < -0.39 is 0 Å². The Morgan fingerprint density at radius 2 is 1.88 bits per heavy atom. The Bertz CT molecular complexity index is 952. The van der Waals surface area contributed by atoms with Gasteiger partial charge in [0.15, 0.2) is 5.82 Å². The van der Waals surface area contributed by atoms with Crippen LogP contribution in [0.15, 0.2) is 47.5 Å². The largest absolute Gasteiger partial charge is 0.497 e. The van der Waals surface area contributed by atoms with Crippen molar-refractivity contribution in [2.45, 2.75) is 25.4 Å². The first-order valence-electron chi connectivity index (χ1n) is 8.51. The van der Waals surface area contributed by atoms with Gasteiger partial charge in [-0.15, -0.1) is 5.10 Å². The molecule has 7 heteroatoms. The maximum Gasteiger partial charge on any atom is 0.346 e. The van der Waals surface area contributed by atoms with Gasteiger partial charge in [-0.2, -0.15) is 0 Å². The maximum atomic E-state index is 12.9. The molecule has 2 aromatic heterocycles. The van der Waals surface area contributed by atoms with Gasteiger partial charge in [-0.3, -0.25) is 9.55 Å². The van der Waals surface area contributed by atoms with Crippen LogP contribution in [0.4, 0.5) is 0 Å². The van der Waals surface area contributed by atoms with Crippen molar-refractivity contribution in [3.8, 4) is 22.9 Å². The number of aromatic nitrogens is 4. The maximum absolute atomic E-state index is 12.9. The third-order valence-electron chi connectivity index (χ3n) is 4.45. The van der Waals surface area contributed by atoms with Crippen molar-refractivity contribution >= 4 is 0 Å². The summed E-state index contributed by atoms with van der Waals surface area (Å²) >= 11 is 0. The Morgan fingerprint density at radius 1 is 1.15 bits per heavy atom. The first kappa shape index (κ1) is 16.4. The Balaban J connectivity index is 1.75. The first-order valence-corrected chi connectivity index (χ1v) is 8.51. The lowest BCUT2D eigenvalue weighted by Gasteiger charge is -2.08. The van der Waals surface area contributed by atoms with E-state index in [1.165, 1.54) is 4.68 Å². The van der Waals surface area contributed by atoms with Gasteiger partial charge in [0.05, 0.1) is 20.8 Å². The second-order valence-corrected chi connectivity index (χ2v) is 6.33. The minimum atomic E-state index is -0.104. The summed E-state index contributed by atoms with van der Waals surface area (Å²) in [6.45, 7) is 0.347. The van der Waals surface area contributed by atoms with Gasteiger partial charge in [-0.1, -0.05) is 0 Å². The van der Waals surface area contributed by atoms with Crippen LogP contribution in [0, 0.1) is 0 Å². The first-order chi connectivity index (χ1) is 12.7. The van der Waals surface area contributed by atoms with Crippen molar-refractivity contribution in [3.05, 3.63) is 58.8 Å². The van der Waals surface area contributed by atoms with Gasteiger partial charge in [0.1, 0.15) is 11.5 Å². The molecule has 134 valence electrons. The summed E-state index contributed by atoms with van der Waals surface area (Å²) in [5.41, 5.74) is 1.63. The summed E-state index contributed by atoms with van der Waals surface area (Å²) in [4.78, 5) is 17.1. The van der Waals surface area contributed by atoms with Crippen LogP contribution in [-0.4, -0.2) is 33.6 Å². The molecule has 0 aliphatic heterocycles. The van der Waals surface area contributed by atoms with Gasteiger partial charge < -0.3 is 9.47 Å². The van der Waals surface area contributed by atoms with Crippen LogP contribution in [0.25, 0.3) is 11.4 Å². The van der Waals surface area contributed by atoms with Gasteiger partial charge in [-0.25, -0.2) is 9.48 Å². The summed E-state index contributed by atoms with van der Waals surface area (Å²) in [6, 6.07) is 9.57. The Labute approximate surface area is 150 Å². The fourth-order valence-corrected chi connectivity index (χ4v) is 3.01. The second-order valence-electron chi connectivity index (χ2n) is 6.33. The molecule has 0 bridgehead atoms. The standard InChI is InChI=1S/C19H20N4O3/c1-25-16-8-13(9-17(10-16)26-2)12-22-19(24)23(15-5-6-15)18(21-22)14-4-3-7-20-11-14/h3-4,7-11,15H,5-6,12H2,1-2H3. The molecule has 0 N–H and O–H groups in total. The lowest BCUT2D eigenvalue weighted by atomic mass is 10.2. The fraction of sp³-hybridized carbons (Fsp3) is 0.316. The third-order valence-corrected chi connectivity index (χ3v) is 4.45. The molecule has 0 radical (unpaired) electrons. The van der Waals surface area contributed by atoms with Crippen molar-refractivity contribution in [2.75, 3.05) is 14.2 Å². The summed E-state index contributed by atoms with van der Waals surface area (Å²) in [5, 5.41) is 4.59. The molecule has 0 unspecified atom stereocenters. The van der Waals surface area contributed by atoms with E-state index in [4.69, 9.17) is 9.47 Å². The van der Waals surface area contributed by atoms with E-state index in [1.807, 2.05) is 24.3 Å². The number of hydrogen-bond donors (Lipinski definition) is 0. The van der Waals surface area contributed by atoms with Gasteiger partial charge >= 0.3 is 5.69 Å². The highest BCUT2D eigenvalue weighted by Gasteiger charge is 2.30. The average Bonchev–Trinajstić information content (AvgIpc) is 3.47. The number of ether oxygens (including phenoxy) is 2. The van der Waals surface area contributed by atoms with Crippen LogP contribution in [0.2, 0.25) is 0 Å². The molecule has 26 heavy (non-hydrogen) atoms. The molecule has 0 amide bonds. The zero-order valence-electron chi connectivity index (χ0n) is 14.8. The fourth-order valence-electron chi connectivity index (χ4n) is 3.01. The van der Waals surface area contributed by atoms with Crippen LogP contribution >= 0.6 is 0 Å². The highest BCUT2D eigenvalue weighted by Crippen LogP contribution is 2.36. The van der Waals surface area contributed by atoms with E-state index in [-0.39, 0.29) is 11.7 Å². The van der Waals surface area contributed by atoms with E-state index in [9.17, 15) is 4.79 Å². The van der Waals surface area contributed by atoms with Crippen LogP contribution < -0.4 is 15.2 Å². The number of benzene rings is 1. The number of hydrogen-bond acceptors (Lipinski definition) is 5. The molecular formula is C19H20N4O3. The summed E-state index contributed by atoms with van der Waals surface area (Å²) < 4.78 is 13.9. The highest BCUT2D eigenvalue weighted by molar-refractivity contribution is 5.53.